The molecule has 4 aliphatic carbocycles. The fourth-order valence-corrected chi connectivity index (χ4v) is 7.41. The van der Waals surface area contributed by atoms with E-state index in [1.54, 1.807) is 7.11 Å². The fraction of sp³-hybridized carbons (Fsp3) is 0.905. The minimum absolute atomic E-state index is 0.0407. The molecule has 4 aliphatic rings. The molecule has 0 aliphatic heterocycles. The third-order valence-corrected chi connectivity index (χ3v) is 8.66. The van der Waals surface area contributed by atoms with E-state index in [2.05, 4.69) is 6.92 Å². The number of rotatable bonds is 3. The number of carbonyl (C=O) groups excluding carboxylic acids is 2. The summed E-state index contributed by atoms with van der Waals surface area (Å²) in [6.45, 7) is 3.07. The van der Waals surface area contributed by atoms with Crippen molar-refractivity contribution in [1.82, 2.24) is 0 Å². The lowest BCUT2D eigenvalue weighted by Gasteiger charge is -2.60. The number of ketones is 2. The lowest BCUT2D eigenvalue weighted by Crippen LogP contribution is -2.55. The topological polar surface area (TPSA) is 43.4 Å². The molecule has 0 unspecified atom stereocenters. The van der Waals surface area contributed by atoms with Gasteiger partial charge in [0, 0.05) is 38.4 Å². The van der Waals surface area contributed by atoms with Crippen molar-refractivity contribution in [1.29, 1.82) is 0 Å². The Labute approximate surface area is 145 Å². The summed E-state index contributed by atoms with van der Waals surface area (Å²) in [4.78, 5) is 24.6. The maximum Gasteiger partial charge on any atom is 0.139 e. The van der Waals surface area contributed by atoms with Crippen molar-refractivity contribution in [3.63, 3.8) is 0 Å². The number of hydrogen-bond acceptors (Lipinski definition) is 3. The van der Waals surface area contributed by atoms with Crippen molar-refractivity contribution in [2.75, 3.05) is 13.7 Å². The van der Waals surface area contributed by atoms with Gasteiger partial charge in [-0.2, -0.15) is 0 Å². The van der Waals surface area contributed by atoms with Gasteiger partial charge in [0.2, 0.25) is 0 Å². The van der Waals surface area contributed by atoms with E-state index in [1.165, 1.54) is 19.3 Å². The van der Waals surface area contributed by atoms with E-state index < -0.39 is 0 Å². The summed E-state index contributed by atoms with van der Waals surface area (Å²) in [7, 11) is 1.80. The van der Waals surface area contributed by atoms with Gasteiger partial charge in [-0.1, -0.05) is 6.92 Å². The lowest BCUT2D eigenvalue weighted by atomic mass is 9.44. The standard InChI is InChI=1S/C21H32O3/c1-20-9-8-18-16(17(20)5-6-19(20)23)4-3-14-13-15(22)7-10-21(14,18)11-12-24-2/h14,16-18H,3-13H2,1-2H3/t14-,16+,17+,18+,20+,21-/m1/s1. The summed E-state index contributed by atoms with van der Waals surface area (Å²) in [6.07, 6.45) is 10.4. The molecule has 0 amide bonds. The second-order valence-electron chi connectivity index (χ2n) is 9.29. The van der Waals surface area contributed by atoms with Gasteiger partial charge < -0.3 is 4.74 Å². The first-order valence-corrected chi connectivity index (χ1v) is 10.1. The Bertz CT molecular complexity index is 541. The lowest BCUT2D eigenvalue weighted by molar-refractivity contribution is -0.150. The summed E-state index contributed by atoms with van der Waals surface area (Å²) in [5.41, 5.74) is 0.265. The largest absolute Gasteiger partial charge is 0.385 e. The minimum Gasteiger partial charge on any atom is -0.385 e. The van der Waals surface area contributed by atoms with Crippen molar-refractivity contribution in [2.45, 2.75) is 71.1 Å². The van der Waals surface area contributed by atoms with Crippen LogP contribution in [0.3, 0.4) is 0 Å². The van der Waals surface area contributed by atoms with Crippen LogP contribution in [0.1, 0.15) is 71.1 Å². The van der Waals surface area contributed by atoms with Gasteiger partial charge in [0.25, 0.3) is 0 Å². The molecular formula is C21H32O3. The van der Waals surface area contributed by atoms with E-state index >= 15 is 0 Å². The molecule has 0 aromatic heterocycles. The summed E-state index contributed by atoms with van der Waals surface area (Å²) in [5, 5.41) is 0. The van der Waals surface area contributed by atoms with Gasteiger partial charge in [-0.25, -0.2) is 0 Å². The highest BCUT2D eigenvalue weighted by Crippen LogP contribution is 2.66. The minimum atomic E-state index is -0.0407. The van der Waals surface area contributed by atoms with Crippen LogP contribution in [0, 0.1) is 34.5 Å². The highest BCUT2D eigenvalue weighted by atomic mass is 16.5. The molecule has 24 heavy (non-hydrogen) atoms. The van der Waals surface area contributed by atoms with E-state index in [9.17, 15) is 9.59 Å². The highest BCUT2D eigenvalue weighted by Gasteiger charge is 2.61. The SMILES string of the molecule is COCC[C@]12CCC(=O)C[C@H]1CC[C@@H]1[C@@H]2CC[C@]2(C)C(=O)CC[C@@H]12. The molecule has 3 heteroatoms. The van der Waals surface area contributed by atoms with Crippen LogP contribution in [-0.4, -0.2) is 25.3 Å². The molecule has 4 fully saturated rings. The van der Waals surface area contributed by atoms with Crippen LogP contribution in [0.15, 0.2) is 0 Å². The molecule has 0 radical (unpaired) electrons. The molecule has 0 bridgehead atoms. The maximum atomic E-state index is 12.5. The Kier molecular flexibility index (Phi) is 4.14. The van der Waals surface area contributed by atoms with Crippen molar-refractivity contribution in [3.8, 4) is 0 Å². The smallest absolute Gasteiger partial charge is 0.139 e. The zero-order valence-corrected chi connectivity index (χ0v) is 15.3. The van der Waals surface area contributed by atoms with E-state index in [4.69, 9.17) is 4.74 Å². The first-order chi connectivity index (χ1) is 11.5. The first kappa shape index (κ1) is 16.8. The second-order valence-corrected chi connectivity index (χ2v) is 9.29. The average molecular weight is 332 g/mol. The van der Waals surface area contributed by atoms with Crippen molar-refractivity contribution in [2.24, 2.45) is 34.5 Å². The highest BCUT2D eigenvalue weighted by molar-refractivity contribution is 5.87. The molecule has 0 aromatic carbocycles. The van der Waals surface area contributed by atoms with E-state index in [0.29, 0.717) is 40.7 Å². The Hall–Kier alpha value is -0.700. The molecule has 0 N–H and O–H groups in total. The number of hydrogen-bond donors (Lipinski definition) is 0. The predicted octanol–water partition coefficient (Wildman–Crippen LogP) is 4.18. The van der Waals surface area contributed by atoms with Crippen LogP contribution in [0.4, 0.5) is 0 Å². The van der Waals surface area contributed by atoms with Gasteiger partial charge in [-0.05, 0) is 74.0 Å². The molecule has 3 nitrogen and oxygen atoms in total. The van der Waals surface area contributed by atoms with Crippen LogP contribution < -0.4 is 0 Å². The van der Waals surface area contributed by atoms with E-state index in [0.717, 1.165) is 51.6 Å². The van der Waals surface area contributed by atoms with E-state index in [1.807, 2.05) is 0 Å². The fourth-order valence-electron chi connectivity index (χ4n) is 7.41. The van der Waals surface area contributed by atoms with Crippen molar-refractivity contribution in [3.05, 3.63) is 0 Å². The number of Topliss-reactive ketones (excluding diaryl/α,β-unsaturated/α-hetero) is 2. The molecule has 4 rings (SSSR count). The Morgan fingerprint density at radius 3 is 2.67 bits per heavy atom. The third kappa shape index (κ3) is 2.26. The molecular weight excluding hydrogens is 300 g/mol. The van der Waals surface area contributed by atoms with Crippen molar-refractivity contribution >= 4 is 11.6 Å². The first-order valence-electron chi connectivity index (χ1n) is 10.1. The maximum absolute atomic E-state index is 12.5. The van der Waals surface area contributed by atoms with Crippen LogP contribution in [0.25, 0.3) is 0 Å². The number of carbonyl (C=O) groups is 2. The number of ether oxygens (including phenoxy) is 1. The Morgan fingerprint density at radius 2 is 1.88 bits per heavy atom. The molecule has 0 saturated heterocycles. The summed E-state index contributed by atoms with van der Waals surface area (Å²) >= 11 is 0. The third-order valence-electron chi connectivity index (χ3n) is 8.66. The van der Waals surface area contributed by atoms with E-state index in [-0.39, 0.29) is 5.41 Å². The predicted molar refractivity (Wildman–Crippen MR) is 92.6 cm³/mol. The Balaban J connectivity index is 1.66. The summed E-state index contributed by atoms with van der Waals surface area (Å²) in [6, 6.07) is 0. The summed E-state index contributed by atoms with van der Waals surface area (Å²) < 4.78 is 5.48. The molecule has 4 saturated carbocycles. The van der Waals surface area contributed by atoms with Gasteiger partial charge in [-0.3, -0.25) is 9.59 Å². The molecule has 6 atom stereocenters. The van der Waals surface area contributed by atoms with Gasteiger partial charge in [-0.15, -0.1) is 0 Å². The average Bonchev–Trinajstić information content (AvgIpc) is 2.88. The van der Waals surface area contributed by atoms with Crippen LogP contribution in [0.5, 0.6) is 0 Å². The normalized spacial score (nSPS) is 47.9. The second kappa shape index (κ2) is 5.93. The monoisotopic (exact) mass is 332 g/mol. The van der Waals surface area contributed by atoms with Crippen molar-refractivity contribution < 1.29 is 14.3 Å². The number of fused-ring (bicyclic) bond motifs is 5. The van der Waals surface area contributed by atoms with Crippen LogP contribution >= 0.6 is 0 Å². The van der Waals surface area contributed by atoms with Crippen LogP contribution in [-0.2, 0) is 14.3 Å². The molecule has 134 valence electrons. The quantitative estimate of drug-likeness (QED) is 0.778. The van der Waals surface area contributed by atoms with Gasteiger partial charge in [0.1, 0.15) is 11.6 Å². The molecule has 0 heterocycles. The van der Waals surface area contributed by atoms with Gasteiger partial charge in [0.15, 0.2) is 0 Å². The molecule has 0 aromatic rings. The zero-order valence-electron chi connectivity index (χ0n) is 15.3. The van der Waals surface area contributed by atoms with Gasteiger partial charge in [0.05, 0.1) is 0 Å². The Morgan fingerprint density at radius 1 is 1.04 bits per heavy atom. The zero-order chi connectivity index (χ0) is 16.9. The van der Waals surface area contributed by atoms with Gasteiger partial charge >= 0.3 is 0 Å². The van der Waals surface area contributed by atoms with Crippen LogP contribution in [0.2, 0.25) is 0 Å². The molecule has 0 spiro atoms. The number of methoxy groups -OCH3 is 1. The summed E-state index contributed by atoms with van der Waals surface area (Å²) in [5.74, 6) is 3.58.